The van der Waals surface area contributed by atoms with Gasteiger partial charge in [0.25, 0.3) is 0 Å². The number of likely N-dealkylation sites (tertiary alicyclic amines) is 1. The van der Waals surface area contributed by atoms with Crippen LogP contribution >= 0.6 is 11.8 Å². The molecule has 0 saturated carbocycles. The summed E-state index contributed by atoms with van der Waals surface area (Å²) in [4.78, 5) is 18.5. The van der Waals surface area contributed by atoms with Crippen molar-refractivity contribution in [3.8, 4) is 6.07 Å². The Hall–Kier alpha value is -1.54. The highest BCUT2D eigenvalue weighted by Crippen LogP contribution is 2.19. The molecule has 1 aliphatic heterocycles. The van der Waals surface area contributed by atoms with E-state index in [0.717, 1.165) is 30.8 Å². The third-order valence-electron chi connectivity index (χ3n) is 2.67. The lowest BCUT2D eigenvalue weighted by atomic mass is 10.4. The third-order valence-corrected chi connectivity index (χ3v) is 3.65. The van der Waals surface area contributed by atoms with Crippen LogP contribution in [-0.2, 0) is 4.79 Å². The van der Waals surface area contributed by atoms with E-state index in [9.17, 15) is 4.79 Å². The zero-order chi connectivity index (χ0) is 12.1. The molecular weight excluding hydrogens is 234 g/mol. The van der Waals surface area contributed by atoms with Gasteiger partial charge in [-0.2, -0.15) is 5.26 Å². The molecule has 1 aromatic heterocycles. The van der Waals surface area contributed by atoms with Gasteiger partial charge in [-0.1, -0.05) is 0 Å². The first kappa shape index (κ1) is 11.9. The summed E-state index contributed by atoms with van der Waals surface area (Å²) in [6.45, 7) is 1.78. The molecule has 0 N–H and O–H groups in total. The summed E-state index contributed by atoms with van der Waals surface area (Å²) in [7, 11) is 0. The van der Waals surface area contributed by atoms with Gasteiger partial charge < -0.3 is 4.90 Å². The van der Waals surface area contributed by atoms with Gasteiger partial charge >= 0.3 is 0 Å². The van der Waals surface area contributed by atoms with Gasteiger partial charge in [0.15, 0.2) is 0 Å². The molecule has 2 rings (SSSR count). The van der Waals surface area contributed by atoms with Gasteiger partial charge in [-0.25, -0.2) is 4.98 Å². The molecule has 4 nitrogen and oxygen atoms in total. The predicted octanol–water partition coefficient (Wildman–Crippen LogP) is 1.67. The Labute approximate surface area is 105 Å². The highest BCUT2D eigenvalue weighted by atomic mass is 32.2. The summed E-state index contributed by atoms with van der Waals surface area (Å²) in [5.74, 6) is 0.623. The standard InChI is InChI=1S/C12H13N3OS/c13-8-10-7-11(3-4-14-10)17-9-12(16)15-5-1-2-6-15/h3-4,7H,1-2,5-6,9H2. The highest BCUT2D eigenvalue weighted by molar-refractivity contribution is 8.00. The number of rotatable bonds is 3. The van der Waals surface area contributed by atoms with Crippen molar-refractivity contribution in [2.75, 3.05) is 18.8 Å². The molecule has 17 heavy (non-hydrogen) atoms. The Morgan fingerprint density at radius 1 is 1.53 bits per heavy atom. The van der Waals surface area contributed by atoms with Crippen LogP contribution in [0.2, 0.25) is 0 Å². The van der Waals surface area contributed by atoms with Crippen LogP contribution in [0.15, 0.2) is 23.2 Å². The molecule has 1 amide bonds. The maximum atomic E-state index is 11.8. The lowest BCUT2D eigenvalue weighted by molar-refractivity contribution is -0.127. The van der Waals surface area contributed by atoms with E-state index in [1.165, 1.54) is 11.8 Å². The van der Waals surface area contributed by atoms with Gasteiger partial charge in [0.1, 0.15) is 11.8 Å². The first-order valence-corrected chi connectivity index (χ1v) is 6.55. The SMILES string of the molecule is N#Cc1cc(SCC(=O)N2CCCC2)ccn1. The van der Waals surface area contributed by atoms with Crippen LogP contribution in [0.3, 0.4) is 0 Å². The molecule has 2 heterocycles. The lowest BCUT2D eigenvalue weighted by Gasteiger charge is -2.14. The Bertz CT molecular complexity index is 449. The maximum absolute atomic E-state index is 11.8. The van der Waals surface area contributed by atoms with E-state index in [-0.39, 0.29) is 5.91 Å². The maximum Gasteiger partial charge on any atom is 0.232 e. The Morgan fingerprint density at radius 2 is 2.29 bits per heavy atom. The summed E-state index contributed by atoms with van der Waals surface area (Å²) in [6.07, 6.45) is 3.83. The fourth-order valence-electron chi connectivity index (χ4n) is 1.76. The van der Waals surface area contributed by atoms with E-state index in [2.05, 4.69) is 4.98 Å². The van der Waals surface area contributed by atoms with Gasteiger partial charge in [-0.15, -0.1) is 11.8 Å². The molecule has 0 atom stereocenters. The quantitative estimate of drug-likeness (QED) is 0.762. The molecule has 1 fully saturated rings. The molecule has 0 unspecified atom stereocenters. The molecule has 0 radical (unpaired) electrons. The molecule has 88 valence electrons. The number of carbonyl (C=O) groups excluding carboxylic acids is 1. The number of nitrogens with zero attached hydrogens (tertiary/aromatic N) is 3. The molecular formula is C12H13N3OS. The van der Waals surface area contributed by atoms with Gasteiger partial charge in [-0.3, -0.25) is 4.79 Å². The number of nitriles is 1. The van der Waals surface area contributed by atoms with E-state index >= 15 is 0 Å². The van der Waals surface area contributed by atoms with Crippen molar-refractivity contribution in [3.05, 3.63) is 24.0 Å². The zero-order valence-corrected chi connectivity index (χ0v) is 10.2. The molecule has 1 aliphatic rings. The Kier molecular flexibility index (Phi) is 3.99. The first-order chi connectivity index (χ1) is 8.29. The van der Waals surface area contributed by atoms with Crippen molar-refractivity contribution in [2.24, 2.45) is 0 Å². The highest BCUT2D eigenvalue weighted by Gasteiger charge is 2.17. The zero-order valence-electron chi connectivity index (χ0n) is 9.43. The minimum atomic E-state index is 0.183. The van der Waals surface area contributed by atoms with Crippen molar-refractivity contribution in [1.29, 1.82) is 5.26 Å². The monoisotopic (exact) mass is 247 g/mol. The van der Waals surface area contributed by atoms with Crippen molar-refractivity contribution >= 4 is 17.7 Å². The second kappa shape index (κ2) is 5.69. The number of thioether (sulfide) groups is 1. The largest absolute Gasteiger partial charge is 0.342 e. The van der Waals surface area contributed by atoms with E-state index in [4.69, 9.17) is 5.26 Å². The van der Waals surface area contributed by atoms with Crippen LogP contribution in [0.25, 0.3) is 0 Å². The topological polar surface area (TPSA) is 57.0 Å². The molecule has 1 saturated heterocycles. The van der Waals surface area contributed by atoms with E-state index in [0.29, 0.717) is 11.4 Å². The van der Waals surface area contributed by atoms with Crippen LogP contribution in [0.5, 0.6) is 0 Å². The molecule has 0 spiro atoms. The average Bonchev–Trinajstić information content (AvgIpc) is 2.90. The van der Waals surface area contributed by atoms with Gasteiger partial charge in [-0.05, 0) is 25.0 Å². The number of aromatic nitrogens is 1. The van der Waals surface area contributed by atoms with Crippen molar-refractivity contribution in [2.45, 2.75) is 17.7 Å². The number of hydrogen-bond donors (Lipinski definition) is 0. The van der Waals surface area contributed by atoms with Crippen LogP contribution in [0, 0.1) is 11.3 Å². The number of hydrogen-bond acceptors (Lipinski definition) is 4. The minimum absolute atomic E-state index is 0.183. The summed E-state index contributed by atoms with van der Waals surface area (Å²) in [6, 6.07) is 5.52. The number of amides is 1. The van der Waals surface area contributed by atoms with E-state index < -0.39 is 0 Å². The lowest BCUT2D eigenvalue weighted by Crippen LogP contribution is -2.29. The molecule has 0 bridgehead atoms. The molecule has 1 aromatic rings. The van der Waals surface area contributed by atoms with Gasteiger partial charge in [0.2, 0.25) is 5.91 Å². The summed E-state index contributed by atoms with van der Waals surface area (Å²) in [5.41, 5.74) is 0.392. The molecule has 0 aromatic carbocycles. The van der Waals surface area contributed by atoms with Gasteiger partial charge in [0, 0.05) is 24.2 Å². The van der Waals surface area contributed by atoms with Crippen molar-refractivity contribution in [1.82, 2.24) is 9.88 Å². The van der Waals surface area contributed by atoms with Crippen LogP contribution in [-0.4, -0.2) is 34.6 Å². The number of pyridine rings is 1. The molecule has 0 aliphatic carbocycles. The Balaban J connectivity index is 1.88. The van der Waals surface area contributed by atoms with Crippen LogP contribution in [0.1, 0.15) is 18.5 Å². The third kappa shape index (κ3) is 3.21. The van der Waals surface area contributed by atoms with Gasteiger partial charge in [0.05, 0.1) is 5.75 Å². The Morgan fingerprint density at radius 3 is 3.00 bits per heavy atom. The summed E-state index contributed by atoms with van der Waals surface area (Å²) < 4.78 is 0. The fraction of sp³-hybridized carbons (Fsp3) is 0.417. The first-order valence-electron chi connectivity index (χ1n) is 5.56. The van der Waals surface area contributed by atoms with Crippen LogP contribution in [0.4, 0.5) is 0 Å². The van der Waals surface area contributed by atoms with E-state index in [1.54, 1.807) is 12.3 Å². The van der Waals surface area contributed by atoms with E-state index in [1.807, 2.05) is 17.0 Å². The fourth-order valence-corrected chi connectivity index (χ4v) is 2.59. The average molecular weight is 247 g/mol. The second-order valence-corrected chi connectivity index (χ2v) is 4.91. The van der Waals surface area contributed by atoms with Crippen molar-refractivity contribution < 1.29 is 4.79 Å². The summed E-state index contributed by atoms with van der Waals surface area (Å²) >= 11 is 1.46. The normalized spacial score (nSPS) is 14.6. The summed E-state index contributed by atoms with van der Waals surface area (Å²) in [5, 5.41) is 8.72. The minimum Gasteiger partial charge on any atom is -0.342 e. The smallest absolute Gasteiger partial charge is 0.232 e. The molecule has 5 heteroatoms. The van der Waals surface area contributed by atoms with Crippen molar-refractivity contribution in [3.63, 3.8) is 0 Å². The second-order valence-electron chi connectivity index (χ2n) is 3.87. The predicted molar refractivity (Wildman–Crippen MR) is 65.5 cm³/mol. The number of carbonyl (C=O) groups is 1. The van der Waals surface area contributed by atoms with Crippen LogP contribution < -0.4 is 0 Å².